The molecule has 0 aromatic heterocycles. The maximum Gasteiger partial charge on any atom is 0.268 e. The van der Waals surface area contributed by atoms with Gasteiger partial charge in [-0.25, -0.2) is 0 Å². The summed E-state index contributed by atoms with van der Waals surface area (Å²) in [6.45, 7) is 4.40. The average Bonchev–Trinajstić information content (AvgIpc) is 2.94. The quantitative estimate of drug-likeness (QED) is 0.0444. The largest absolute Gasteiger partial charge is 0.756 e. The molecule has 0 heterocycles. The van der Waals surface area contributed by atoms with Crippen molar-refractivity contribution < 1.29 is 32.9 Å². The van der Waals surface area contributed by atoms with Crippen LogP contribution in [0.2, 0.25) is 0 Å². The number of rotatable bonds is 27. The van der Waals surface area contributed by atoms with Gasteiger partial charge in [0, 0.05) is 6.42 Å². The van der Waals surface area contributed by atoms with E-state index < -0.39 is 20.0 Å². The molecule has 0 fully saturated rings. The van der Waals surface area contributed by atoms with E-state index >= 15 is 0 Å². The number of nitrogens with one attached hydrogen (secondary N) is 1. The van der Waals surface area contributed by atoms with Gasteiger partial charge in [-0.1, -0.05) is 113 Å². The maximum atomic E-state index is 12.6. The Kier molecular flexibility index (Phi) is 25.5. The third kappa shape index (κ3) is 28.7. The molecule has 8 nitrogen and oxygen atoms in total. The standard InChI is InChI=1S/C34H61N2O6P/c1-6-8-10-12-14-15-16-17-18-19-20-21-22-24-26-28-34(38)35-32(33(37)27-25-23-13-11-9-7-2)31-42-43(39,40)41-30-29-36(3,4)5/h8,10,14-15,17-18,20-21,24,26,32-33,37H,6-7,9,11-13,16,19,22-23,25,27-31H2,1-5H3,(H-,35,38,39,40)/b10-8-,15-14-,18-17-,21-20-,26-24-. The minimum atomic E-state index is -4.57. The Morgan fingerprint density at radius 1 is 0.814 bits per heavy atom. The zero-order chi connectivity index (χ0) is 32.2. The summed E-state index contributed by atoms with van der Waals surface area (Å²) >= 11 is 0. The molecule has 0 bridgehead atoms. The van der Waals surface area contributed by atoms with E-state index in [4.69, 9.17) is 9.05 Å². The lowest BCUT2D eigenvalue weighted by Crippen LogP contribution is -2.46. The van der Waals surface area contributed by atoms with Gasteiger partial charge in [0.25, 0.3) is 7.82 Å². The molecular formula is C34H61N2O6P. The minimum Gasteiger partial charge on any atom is -0.756 e. The number of likely N-dealkylation sites (N-methyl/N-ethyl adjacent to an activating group) is 1. The van der Waals surface area contributed by atoms with Crippen LogP contribution in [-0.4, -0.2) is 68.5 Å². The summed E-state index contributed by atoms with van der Waals surface area (Å²) in [6, 6.07) is -0.852. The molecule has 248 valence electrons. The molecular weight excluding hydrogens is 563 g/mol. The van der Waals surface area contributed by atoms with Gasteiger partial charge >= 0.3 is 0 Å². The van der Waals surface area contributed by atoms with Gasteiger partial charge in [0.2, 0.25) is 5.91 Å². The van der Waals surface area contributed by atoms with Crippen molar-refractivity contribution in [1.82, 2.24) is 5.32 Å². The summed E-state index contributed by atoms with van der Waals surface area (Å²) in [6.07, 6.45) is 31.4. The first-order valence-corrected chi connectivity index (χ1v) is 17.6. The van der Waals surface area contributed by atoms with E-state index in [9.17, 15) is 19.4 Å². The number of allylic oxidation sites excluding steroid dienone is 9. The molecule has 1 amide bonds. The predicted molar refractivity (Wildman–Crippen MR) is 177 cm³/mol. The van der Waals surface area contributed by atoms with Crippen LogP contribution in [-0.2, 0) is 18.4 Å². The molecule has 3 atom stereocenters. The molecule has 9 heteroatoms. The Balaban J connectivity index is 4.66. The van der Waals surface area contributed by atoms with E-state index in [2.05, 4.69) is 67.8 Å². The summed E-state index contributed by atoms with van der Waals surface area (Å²) in [5, 5.41) is 13.5. The Bertz CT molecular complexity index is 892. The lowest BCUT2D eigenvalue weighted by molar-refractivity contribution is -0.870. The van der Waals surface area contributed by atoms with Crippen LogP contribution in [0.25, 0.3) is 0 Å². The number of hydrogen-bond donors (Lipinski definition) is 2. The van der Waals surface area contributed by atoms with Crippen LogP contribution >= 0.6 is 7.82 Å². The van der Waals surface area contributed by atoms with Crippen LogP contribution in [0.15, 0.2) is 60.8 Å². The molecule has 0 aromatic carbocycles. The van der Waals surface area contributed by atoms with E-state index in [-0.39, 0.29) is 25.5 Å². The molecule has 0 aliphatic rings. The molecule has 0 saturated heterocycles. The van der Waals surface area contributed by atoms with Crippen molar-refractivity contribution in [3.63, 3.8) is 0 Å². The number of carbonyl (C=O) groups excluding carboxylic acids is 1. The topological polar surface area (TPSA) is 108 Å². The molecule has 0 aliphatic heterocycles. The van der Waals surface area contributed by atoms with Crippen molar-refractivity contribution in [2.75, 3.05) is 40.9 Å². The average molecular weight is 625 g/mol. The zero-order valence-electron chi connectivity index (χ0n) is 27.6. The number of unbranched alkanes of at least 4 members (excludes halogenated alkanes) is 5. The van der Waals surface area contributed by atoms with E-state index in [0.29, 0.717) is 23.9 Å². The highest BCUT2D eigenvalue weighted by Crippen LogP contribution is 2.38. The normalized spacial score (nSPS) is 15.8. The predicted octanol–water partition coefficient (Wildman–Crippen LogP) is 6.93. The monoisotopic (exact) mass is 624 g/mol. The van der Waals surface area contributed by atoms with Crippen molar-refractivity contribution >= 4 is 13.7 Å². The van der Waals surface area contributed by atoms with Crippen molar-refractivity contribution in [2.45, 2.75) is 109 Å². The van der Waals surface area contributed by atoms with Crippen molar-refractivity contribution in [3.05, 3.63) is 60.8 Å². The summed E-state index contributed by atoms with van der Waals surface area (Å²) in [5.41, 5.74) is 0. The van der Waals surface area contributed by atoms with Crippen molar-refractivity contribution in [2.24, 2.45) is 0 Å². The second-order valence-electron chi connectivity index (χ2n) is 11.8. The van der Waals surface area contributed by atoms with E-state index in [0.717, 1.165) is 57.8 Å². The minimum absolute atomic E-state index is 0.00825. The molecule has 2 N–H and O–H groups in total. The van der Waals surface area contributed by atoms with Gasteiger partial charge < -0.3 is 28.8 Å². The summed E-state index contributed by atoms with van der Waals surface area (Å²) in [4.78, 5) is 24.9. The van der Waals surface area contributed by atoms with Crippen LogP contribution in [0.4, 0.5) is 0 Å². The van der Waals surface area contributed by atoms with Gasteiger partial charge in [0.05, 0.1) is 39.9 Å². The first-order valence-electron chi connectivity index (χ1n) is 16.1. The number of quaternary nitrogens is 1. The molecule has 0 aromatic rings. The number of aliphatic hydroxyl groups excluding tert-OH is 1. The van der Waals surface area contributed by atoms with Crippen molar-refractivity contribution in [3.8, 4) is 0 Å². The van der Waals surface area contributed by atoms with Gasteiger partial charge in [0.15, 0.2) is 0 Å². The van der Waals surface area contributed by atoms with Crippen LogP contribution in [0, 0.1) is 0 Å². The second-order valence-corrected chi connectivity index (χ2v) is 13.2. The molecule has 43 heavy (non-hydrogen) atoms. The van der Waals surface area contributed by atoms with Gasteiger partial charge in [-0.3, -0.25) is 9.36 Å². The summed E-state index contributed by atoms with van der Waals surface area (Å²) in [5.74, 6) is -0.302. The fourth-order valence-electron chi connectivity index (χ4n) is 3.93. The number of phosphoric ester groups is 1. The molecule has 0 radical (unpaired) electrons. The Morgan fingerprint density at radius 3 is 1.86 bits per heavy atom. The molecule has 3 unspecified atom stereocenters. The number of amides is 1. The van der Waals surface area contributed by atoms with E-state index in [1.165, 1.54) is 6.42 Å². The number of aliphatic hydroxyl groups is 1. The summed E-state index contributed by atoms with van der Waals surface area (Å²) < 4.78 is 22.9. The lowest BCUT2D eigenvalue weighted by Gasteiger charge is -2.30. The van der Waals surface area contributed by atoms with Crippen LogP contribution in [0.5, 0.6) is 0 Å². The Morgan fingerprint density at radius 2 is 1.33 bits per heavy atom. The molecule has 0 aliphatic carbocycles. The highest BCUT2D eigenvalue weighted by Gasteiger charge is 2.24. The number of hydrogen-bond acceptors (Lipinski definition) is 6. The second kappa shape index (κ2) is 26.6. The lowest BCUT2D eigenvalue weighted by atomic mass is 10.0. The van der Waals surface area contributed by atoms with Crippen molar-refractivity contribution in [1.29, 1.82) is 0 Å². The maximum absolute atomic E-state index is 12.6. The van der Waals surface area contributed by atoms with Gasteiger partial charge in [0.1, 0.15) is 13.2 Å². The first kappa shape index (κ1) is 41.2. The molecule has 0 rings (SSSR count). The SMILES string of the molecule is CC/C=C\C/C=C\C/C=C\C/C=C\C/C=C\CC(=O)NC(COP(=O)([O-])OCC[N+](C)(C)C)C(O)CCCCCCCC. The van der Waals surface area contributed by atoms with Gasteiger partial charge in [-0.2, -0.15) is 0 Å². The third-order valence-corrected chi connectivity index (χ3v) is 7.51. The van der Waals surface area contributed by atoms with E-state index in [1.807, 2.05) is 27.2 Å². The number of carbonyl (C=O) groups is 1. The number of phosphoric acid groups is 1. The van der Waals surface area contributed by atoms with Crippen LogP contribution < -0.4 is 10.2 Å². The summed E-state index contributed by atoms with van der Waals surface area (Å²) in [7, 11) is 1.23. The Hall–Kier alpha value is -1.80. The van der Waals surface area contributed by atoms with Gasteiger partial charge in [-0.15, -0.1) is 0 Å². The number of nitrogens with zero attached hydrogens (tertiary/aromatic N) is 1. The fraction of sp³-hybridized carbons (Fsp3) is 0.676. The highest BCUT2D eigenvalue weighted by molar-refractivity contribution is 7.45. The van der Waals surface area contributed by atoms with Gasteiger partial charge in [-0.05, 0) is 38.5 Å². The smallest absolute Gasteiger partial charge is 0.268 e. The molecule has 0 spiro atoms. The Labute approximate surface area is 262 Å². The third-order valence-electron chi connectivity index (χ3n) is 6.55. The van der Waals surface area contributed by atoms with Crippen LogP contribution in [0.1, 0.15) is 97.3 Å². The van der Waals surface area contributed by atoms with Crippen LogP contribution in [0.3, 0.4) is 0 Å². The first-order chi connectivity index (χ1) is 20.5. The molecule has 0 saturated carbocycles. The highest BCUT2D eigenvalue weighted by atomic mass is 31.2. The fourth-order valence-corrected chi connectivity index (χ4v) is 4.65. The zero-order valence-corrected chi connectivity index (χ0v) is 28.5. The van der Waals surface area contributed by atoms with E-state index in [1.54, 1.807) is 6.08 Å².